The van der Waals surface area contributed by atoms with Gasteiger partial charge >= 0.3 is 0 Å². The molecule has 1 atom stereocenters. The molecule has 1 unspecified atom stereocenters. The lowest BCUT2D eigenvalue weighted by atomic mass is 10.1. The Bertz CT molecular complexity index is 857. The normalized spacial score (nSPS) is 17.1. The summed E-state index contributed by atoms with van der Waals surface area (Å²) < 4.78 is 22.8. The number of likely N-dealkylation sites (N-methyl/N-ethyl adjacent to an activating group) is 1. The van der Waals surface area contributed by atoms with E-state index in [2.05, 4.69) is 5.32 Å². The van der Waals surface area contributed by atoms with Crippen LogP contribution in [0.2, 0.25) is 0 Å². The van der Waals surface area contributed by atoms with Crippen molar-refractivity contribution in [1.29, 1.82) is 0 Å². The second-order valence-corrected chi connectivity index (χ2v) is 7.27. The van der Waals surface area contributed by atoms with E-state index in [1.807, 2.05) is 54.4 Å². The summed E-state index contributed by atoms with van der Waals surface area (Å²) in [6.45, 7) is 3.13. The molecule has 2 aliphatic rings. The van der Waals surface area contributed by atoms with Crippen LogP contribution in [0.1, 0.15) is 5.56 Å². The van der Waals surface area contributed by atoms with Crippen LogP contribution in [-0.4, -0.2) is 63.4 Å². The number of ether oxygens (including phenoxy) is 4. The molecule has 4 rings (SSSR count). The molecule has 0 bridgehead atoms. The van der Waals surface area contributed by atoms with Crippen molar-refractivity contribution in [3.63, 3.8) is 0 Å². The average Bonchev–Trinajstić information content (AvgIpc) is 2.73. The summed E-state index contributed by atoms with van der Waals surface area (Å²) in [5, 5.41) is 2.97. The van der Waals surface area contributed by atoms with Crippen LogP contribution in [-0.2, 0) is 11.2 Å². The van der Waals surface area contributed by atoms with Crippen molar-refractivity contribution >= 4 is 5.91 Å². The topological polar surface area (TPSA) is 69.3 Å². The van der Waals surface area contributed by atoms with Crippen molar-refractivity contribution in [1.82, 2.24) is 10.2 Å². The van der Waals surface area contributed by atoms with Gasteiger partial charge in [0.05, 0.1) is 6.54 Å². The van der Waals surface area contributed by atoms with E-state index in [0.717, 1.165) is 35.0 Å². The maximum Gasteiger partial charge on any atom is 0.234 e. The summed E-state index contributed by atoms with van der Waals surface area (Å²) in [6, 6.07) is 13.5. The third kappa shape index (κ3) is 5.12. The van der Waals surface area contributed by atoms with Gasteiger partial charge in [0.25, 0.3) is 0 Å². The van der Waals surface area contributed by atoms with Crippen LogP contribution >= 0.6 is 0 Å². The Hall–Kier alpha value is -2.93. The monoisotopic (exact) mass is 398 g/mol. The molecule has 7 nitrogen and oxygen atoms in total. The molecule has 0 saturated carbocycles. The largest absolute Gasteiger partial charge is 0.486 e. The highest BCUT2D eigenvalue weighted by Crippen LogP contribution is 2.31. The summed E-state index contributed by atoms with van der Waals surface area (Å²) in [7, 11) is 1.91. The Balaban J connectivity index is 1.18. The molecule has 0 spiro atoms. The molecule has 0 saturated heterocycles. The summed E-state index contributed by atoms with van der Waals surface area (Å²) in [6.07, 6.45) is 0.642. The third-order valence-electron chi connectivity index (χ3n) is 4.84. The third-order valence-corrected chi connectivity index (χ3v) is 4.84. The van der Waals surface area contributed by atoms with E-state index in [1.165, 1.54) is 0 Å². The SMILES string of the molecule is CN(CC(=O)NCCc1ccc2c(c1)OCCO2)CC1COc2ccccc2O1. The fraction of sp³-hybridized carbons (Fsp3) is 0.409. The first-order chi connectivity index (χ1) is 14.2. The van der Waals surface area contributed by atoms with Crippen molar-refractivity contribution in [3.05, 3.63) is 48.0 Å². The molecule has 2 aromatic rings. The first-order valence-electron chi connectivity index (χ1n) is 9.89. The van der Waals surface area contributed by atoms with Gasteiger partial charge in [-0.3, -0.25) is 9.69 Å². The van der Waals surface area contributed by atoms with Crippen molar-refractivity contribution in [2.75, 3.05) is 46.5 Å². The van der Waals surface area contributed by atoms with Crippen molar-refractivity contribution in [3.8, 4) is 23.0 Å². The second kappa shape index (κ2) is 9.05. The zero-order valence-electron chi connectivity index (χ0n) is 16.6. The molecule has 0 aromatic heterocycles. The number of nitrogens with one attached hydrogen (secondary N) is 1. The number of nitrogens with zero attached hydrogens (tertiary/aromatic N) is 1. The Morgan fingerprint density at radius 3 is 2.66 bits per heavy atom. The smallest absolute Gasteiger partial charge is 0.234 e. The van der Waals surface area contributed by atoms with E-state index >= 15 is 0 Å². The van der Waals surface area contributed by atoms with Gasteiger partial charge in [-0.25, -0.2) is 0 Å². The summed E-state index contributed by atoms with van der Waals surface area (Å²) in [4.78, 5) is 14.2. The van der Waals surface area contributed by atoms with Gasteiger partial charge in [-0.2, -0.15) is 0 Å². The van der Waals surface area contributed by atoms with E-state index in [9.17, 15) is 4.79 Å². The predicted octanol–water partition coefficient (Wildman–Crippen LogP) is 1.89. The van der Waals surface area contributed by atoms with Gasteiger partial charge in [0, 0.05) is 13.1 Å². The van der Waals surface area contributed by atoms with Crippen molar-refractivity contribution in [2.24, 2.45) is 0 Å². The molecule has 2 heterocycles. The molecule has 0 fully saturated rings. The lowest BCUT2D eigenvalue weighted by Gasteiger charge is -2.29. The first-order valence-corrected chi connectivity index (χ1v) is 9.89. The van der Waals surface area contributed by atoms with E-state index in [4.69, 9.17) is 18.9 Å². The Morgan fingerprint density at radius 1 is 1.03 bits per heavy atom. The number of fused-ring (bicyclic) bond motifs is 2. The maximum absolute atomic E-state index is 12.2. The molecular formula is C22H26N2O5. The Kier molecular flexibility index (Phi) is 6.05. The maximum atomic E-state index is 12.2. The summed E-state index contributed by atoms with van der Waals surface area (Å²) in [5.41, 5.74) is 1.11. The molecule has 154 valence electrons. The molecule has 7 heteroatoms. The standard InChI is InChI=1S/C22H26N2O5/c1-24(13-17-15-28-18-4-2-3-5-20(18)29-17)14-22(25)23-9-8-16-6-7-19-21(12-16)27-11-10-26-19/h2-7,12,17H,8-11,13-15H2,1H3,(H,23,25). The lowest BCUT2D eigenvalue weighted by Crippen LogP contribution is -2.43. The number of hydrogen-bond acceptors (Lipinski definition) is 6. The number of rotatable bonds is 7. The average molecular weight is 398 g/mol. The van der Waals surface area contributed by atoms with E-state index in [0.29, 0.717) is 39.5 Å². The fourth-order valence-corrected chi connectivity index (χ4v) is 3.46. The van der Waals surface area contributed by atoms with E-state index in [1.54, 1.807) is 0 Å². The minimum absolute atomic E-state index is 0.0119. The van der Waals surface area contributed by atoms with Crippen LogP contribution in [0.3, 0.4) is 0 Å². The van der Waals surface area contributed by atoms with Gasteiger partial charge in [-0.15, -0.1) is 0 Å². The molecule has 0 aliphatic carbocycles. The van der Waals surface area contributed by atoms with Gasteiger partial charge in [-0.1, -0.05) is 18.2 Å². The van der Waals surface area contributed by atoms with Gasteiger partial charge in [0.2, 0.25) is 5.91 Å². The number of benzene rings is 2. The van der Waals surface area contributed by atoms with Crippen molar-refractivity contribution < 1.29 is 23.7 Å². The van der Waals surface area contributed by atoms with Crippen LogP contribution in [0.15, 0.2) is 42.5 Å². The number of carbonyl (C=O) groups is 1. The van der Waals surface area contributed by atoms with Crippen LogP contribution in [0.25, 0.3) is 0 Å². The molecule has 1 N–H and O–H groups in total. The van der Waals surface area contributed by atoms with Gasteiger partial charge in [0.15, 0.2) is 23.0 Å². The Labute approximate surface area is 170 Å². The first kappa shape index (κ1) is 19.4. The van der Waals surface area contributed by atoms with Crippen molar-refractivity contribution in [2.45, 2.75) is 12.5 Å². The highest BCUT2D eigenvalue weighted by Gasteiger charge is 2.22. The van der Waals surface area contributed by atoms with Crippen LogP contribution in [0, 0.1) is 0 Å². The Morgan fingerprint density at radius 2 is 1.79 bits per heavy atom. The van der Waals surface area contributed by atoms with Crippen LogP contribution < -0.4 is 24.3 Å². The van der Waals surface area contributed by atoms with Gasteiger partial charge < -0.3 is 24.3 Å². The quantitative estimate of drug-likeness (QED) is 0.768. The predicted molar refractivity (Wildman–Crippen MR) is 108 cm³/mol. The molecular weight excluding hydrogens is 372 g/mol. The molecule has 2 aliphatic heterocycles. The van der Waals surface area contributed by atoms with E-state index < -0.39 is 0 Å². The molecule has 2 aromatic carbocycles. The van der Waals surface area contributed by atoms with E-state index in [-0.39, 0.29) is 12.0 Å². The van der Waals surface area contributed by atoms with Gasteiger partial charge in [0.1, 0.15) is 25.9 Å². The number of amides is 1. The molecule has 1 amide bonds. The highest BCUT2D eigenvalue weighted by atomic mass is 16.6. The number of para-hydroxylation sites is 2. The second-order valence-electron chi connectivity index (χ2n) is 7.27. The number of carbonyl (C=O) groups excluding carboxylic acids is 1. The zero-order valence-corrected chi connectivity index (χ0v) is 16.6. The lowest BCUT2D eigenvalue weighted by molar-refractivity contribution is -0.122. The zero-order chi connectivity index (χ0) is 20.1. The summed E-state index contributed by atoms with van der Waals surface area (Å²) in [5.74, 6) is 3.06. The fourth-order valence-electron chi connectivity index (χ4n) is 3.46. The highest BCUT2D eigenvalue weighted by molar-refractivity contribution is 5.78. The molecule has 0 radical (unpaired) electrons. The minimum atomic E-state index is -0.0968. The summed E-state index contributed by atoms with van der Waals surface area (Å²) >= 11 is 0. The molecule has 29 heavy (non-hydrogen) atoms. The number of hydrogen-bond donors (Lipinski definition) is 1. The van der Waals surface area contributed by atoms with Crippen LogP contribution in [0.4, 0.5) is 0 Å². The van der Waals surface area contributed by atoms with Gasteiger partial charge in [-0.05, 0) is 43.3 Å². The van der Waals surface area contributed by atoms with Crippen LogP contribution in [0.5, 0.6) is 23.0 Å². The minimum Gasteiger partial charge on any atom is -0.486 e.